The standard InChI is InChI=1S/C31H22N4O7S2/c1-18-12-20-14-23(43(37,38)39)15-21(28(20)27(13-18)42-44(40,41)22-8-4-3-5-9-22)17-33-29-19(2)24(16-32)30-34-25-10-6-7-11-26(25)35(30)31(29)36/h3-15H,17H2,1-2H3,(H,37,38,39). The van der Waals surface area contributed by atoms with Crippen molar-refractivity contribution in [2.75, 3.05) is 0 Å². The highest BCUT2D eigenvalue weighted by atomic mass is 32.2. The van der Waals surface area contributed by atoms with Crippen molar-refractivity contribution in [3.05, 3.63) is 101 Å². The molecule has 0 bridgehead atoms. The highest BCUT2D eigenvalue weighted by Crippen LogP contribution is 2.36. The highest BCUT2D eigenvalue weighted by molar-refractivity contribution is 7.87. The zero-order valence-corrected chi connectivity index (χ0v) is 24.8. The topological polar surface area (TPSA) is 169 Å². The first-order valence-corrected chi connectivity index (χ1v) is 16.0. The number of allylic oxidation sites excluding steroid dienone is 2. The molecule has 0 unspecified atom stereocenters. The van der Waals surface area contributed by atoms with Crippen LogP contribution in [-0.4, -0.2) is 42.6 Å². The maximum atomic E-state index is 13.7. The van der Waals surface area contributed by atoms with Crippen molar-refractivity contribution >= 4 is 59.2 Å². The molecule has 0 spiro atoms. The number of fused-ring (bicyclic) bond motifs is 4. The van der Waals surface area contributed by atoms with Crippen LogP contribution >= 0.6 is 0 Å². The van der Waals surface area contributed by atoms with Gasteiger partial charge in [-0.1, -0.05) is 36.4 Å². The average molecular weight is 627 g/mol. The predicted octanol–water partition coefficient (Wildman–Crippen LogP) is 5.10. The number of hydrogen-bond acceptors (Lipinski definition) is 9. The van der Waals surface area contributed by atoms with Gasteiger partial charge in [0, 0.05) is 11.0 Å². The van der Waals surface area contributed by atoms with Gasteiger partial charge in [-0.2, -0.15) is 22.1 Å². The van der Waals surface area contributed by atoms with E-state index in [0.717, 1.165) is 6.07 Å². The molecule has 0 atom stereocenters. The number of rotatable bonds is 6. The molecule has 0 saturated carbocycles. The third-order valence-electron chi connectivity index (χ3n) is 7.18. The van der Waals surface area contributed by atoms with Crippen molar-refractivity contribution in [1.29, 1.82) is 5.26 Å². The van der Waals surface area contributed by atoms with Crippen molar-refractivity contribution < 1.29 is 30.4 Å². The van der Waals surface area contributed by atoms with Crippen molar-refractivity contribution in [3.63, 3.8) is 0 Å². The van der Waals surface area contributed by atoms with Gasteiger partial charge in [-0.15, -0.1) is 0 Å². The second-order valence-electron chi connectivity index (χ2n) is 10.1. The van der Waals surface area contributed by atoms with E-state index in [1.807, 2.05) is 0 Å². The van der Waals surface area contributed by atoms with Gasteiger partial charge in [0.15, 0.2) is 11.6 Å². The summed E-state index contributed by atoms with van der Waals surface area (Å²) in [6, 6.07) is 22.0. The number of carbonyl (C=O) groups is 1. The Bertz CT molecular complexity index is 2370. The predicted molar refractivity (Wildman–Crippen MR) is 162 cm³/mol. The number of benzene rings is 4. The SMILES string of the molecule is CC1=C(C#N)c2nc3ccccc3n2C(=O)C1=NCc1cc(S(=O)(=O)O)cc2cc(C)cc(OS(=O)(=O)c3ccccc3)c12. The van der Waals surface area contributed by atoms with Crippen LogP contribution in [0.5, 0.6) is 5.75 Å². The molecule has 2 heterocycles. The van der Waals surface area contributed by atoms with Gasteiger partial charge >= 0.3 is 10.1 Å². The first kappa shape index (κ1) is 28.9. The molecule has 0 saturated heterocycles. The van der Waals surface area contributed by atoms with Crippen LogP contribution < -0.4 is 4.18 Å². The molecule has 0 radical (unpaired) electrons. The lowest BCUT2D eigenvalue weighted by molar-refractivity contribution is 0.0992. The van der Waals surface area contributed by atoms with Gasteiger partial charge in [-0.3, -0.25) is 18.9 Å². The van der Waals surface area contributed by atoms with Crippen LogP contribution in [0.15, 0.2) is 99.2 Å². The van der Waals surface area contributed by atoms with Crippen LogP contribution in [0.25, 0.3) is 27.4 Å². The molecule has 1 aromatic heterocycles. The maximum Gasteiger partial charge on any atom is 0.339 e. The molecular weight excluding hydrogens is 604 g/mol. The summed E-state index contributed by atoms with van der Waals surface area (Å²) < 4.78 is 67.6. The first-order chi connectivity index (χ1) is 20.9. The first-order valence-electron chi connectivity index (χ1n) is 13.1. The van der Waals surface area contributed by atoms with Crippen molar-refractivity contribution in [2.24, 2.45) is 4.99 Å². The minimum atomic E-state index is -4.69. The highest BCUT2D eigenvalue weighted by Gasteiger charge is 2.32. The lowest BCUT2D eigenvalue weighted by Gasteiger charge is -2.18. The summed E-state index contributed by atoms with van der Waals surface area (Å²) in [6.45, 7) is 2.91. The van der Waals surface area contributed by atoms with E-state index in [9.17, 15) is 31.4 Å². The second kappa shape index (κ2) is 10.5. The van der Waals surface area contributed by atoms with E-state index in [4.69, 9.17) is 4.18 Å². The quantitative estimate of drug-likeness (QED) is 0.199. The fourth-order valence-electron chi connectivity index (χ4n) is 5.21. The Morgan fingerprint density at radius 3 is 2.36 bits per heavy atom. The molecule has 6 rings (SSSR count). The number of nitriles is 1. The zero-order valence-electron chi connectivity index (χ0n) is 23.2. The van der Waals surface area contributed by atoms with E-state index in [1.165, 1.54) is 28.8 Å². The third kappa shape index (κ3) is 4.94. The lowest BCUT2D eigenvalue weighted by atomic mass is 9.99. The van der Waals surface area contributed by atoms with Crippen molar-refractivity contribution in [1.82, 2.24) is 9.55 Å². The fourth-order valence-corrected chi connectivity index (χ4v) is 6.73. The van der Waals surface area contributed by atoms with Gasteiger partial charge in [0.05, 0.1) is 22.5 Å². The molecule has 0 fully saturated rings. The third-order valence-corrected chi connectivity index (χ3v) is 9.26. The van der Waals surface area contributed by atoms with E-state index in [0.29, 0.717) is 16.6 Å². The van der Waals surface area contributed by atoms with E-state index < -0.39 is 31.0 Å². The number of carbonyl (C=O) groups excluding carboxylic acids is 1. The van der Waals surface area contributed by atoms with Gasteiger partial charge in [0.1, 0.15) is 22.2 Å². The number of para-hydroxylation sites is 2. The van der Waals surface area contributed by atoms with Gasteiger partial charge < -0.3 is 4.18 Å². The molecule has 1 aliphatic rings. The van der Waals surface area contributed by atoms with E-state index in [1.54, 1.807) is 62.4 Å². The number of imidazole rings is 1. The average Bonchev–Trinajstić information content (AvgIpc) is 3.36. The van der Waals surface area contributed by atoms with Crippen LogP contribution in [0.1, 0.15) is 28.7 Å². The van der Waals surface area contributed by atoms with Crippen LogP contribution in [0.2, 0.25) is 0 Å². The Morgan fingerprint density at radius 2 is 1.66 bits per heavy atom. The van der Waals surface area contributed by atoms with Crippen molar-refractivity contribution in [3.8, 4) is 11.8 Å². The summed E-state index contributed by atoms with van der Waals surface area (Å²) in [6.07, 6.45) is 0. The molecule has 44 heavy (non-hydrogen) atoms. The minimum Gasteiger partial charge on any atom is -0.378 e. The Kier molecular flexibility index (Phi) is 6.92. The van der Waals surface area contributed by atoms with Gasteiger partial charge in [0.25, 0.3) is 16.0 Å². The molecule has 11 nitrogen and oxygen atoms in total. The number of aromatic nitrogens is 2. The maximum absolute atomic E-state index is 13.7. The van der Waals surface area contributed by atoms with Gasteiger partial charge in [-0.05, 0) is 72.8 Å². The van der Waals surface area contributed by atoms with E-state index >= 15 is 0 Å². The molecule has 13 heteroatoms. The Morgan fingerprint density at radius 1 is 0.955 bits per heavy atom. The Balaban J connectivity index is 1.54. The van der Waals surface area contributed by atoms with Crippen LogP contribution in [0, 0.1) is 18.3 Å². The zero-order chi connectivity index (χ0) is 31.4. The number of aliphatic imine (C=N–C) groups is 1. The monoisotopic (exact) mass is 626 g/mol. The van der Waals surface area contributed by atoms with Gasteiger partial charge in [-0.25, -0.2) is 4.98 Å². The Hall–Kier alpha value is -5.16. The molecular formula is C31H22N4O7S2. The lowest BCUT2D eigenvalue weighted by Crippen LogP contribution is -2.29. The molecule has 1 aliphatic heterocycles. The smallest absolute Gasteiger partial charge is 0.339 e. The molecule has 0 amide bonds. The van der Waals surface area contributed by atoms with Crippen LogP contribution in [-0.2, 0) is 26.8 Å². The van der Waals surface area contributed by atoms with Crippen LogP contribution in [0.4, 0.5) is 0 Å². The molecule has 5 aromatic rings. The Labute approximate surface area is 252 Å². The number of nitrogens with zero attached hydrogens (tertiary/aromatic N) is 4. The minimum absolute atomic E-state index is 0.0610. The van der Waals surface area contributed by atoms with Gasteiger partial charge in [0.2, 0.25) is 0 Å². The molecule has 0 aliphatic carbocycles. The van der Waals surface area contributed by atoms with E-state index in [2.05, 4.69) is 16.0 Å². The number of aryl methyl sites for hydroxylation is 1. The summed E-state index contributed by atoms with van der Waals surface area (Å²) in [7, 11) is -8.99. The number of hydrogen-bond donors (Lipinski definition) is 1. The van der Waals surface area contributed by atoms with Crippen LogP contribution in [0.3, 0.4) is 0 Å². The second-order valence-corrected chi connectivity index (χ2v) is 13.1. The summed E-state index contributed by atoms with van der Waals surface area (Å²) in [4.78, 5) is 22.2. The molecule has 4 aromatic carbocycles. The summed E-state index contributed by atoms with van der Waals surface area (Å²) >= 11 is 0. The summed E-state index contributed by atoms with van der Waals surface area (Å²) in [5.41, 5.74) is 2.06. The molecule has 220 valence electrons. The summed E-state index contributed by atoms with van der Waals surface area (Å²) in [5.74, 6) is -0.450. The normalized spacial score (nSPS) is 14.7. The largest absolute Gasteiger partial charge is 0.378 e. The summed E-state index contributed by atoms with van der Waals surface area (Å²) in [5, 5.41) is 10.4. The fraction of sp³-hybridized carbons (Fsp3) is 0.0968. The van der Waals surface area contributed by atoms with E-state index in [-0.39, 0.29) is 56.2 Å². The van der Waals surface area contributed by atoms with Crippen molar-refractivity contribution in [2.45, 2.75) is 30.2 Å². The molecule has 1 N–H and O–H groups in total.